The Labute approximate surface area is 217 Å². The number of amides is 2. The van der Waals surface area contributed by atoms with Crippen LogP contribution in [0.1, 0.15) is 22.8 Å². The molecule has 3 aliphatic rings. The second-order valence-corrected chi connectivity index (χ2v) is 9.72. The molecule has 2 amide bonds. The number of Topliss-reactive ketones (excluding diaryl/α,β-unsaturated/α-hetero) is 1. The fourth-order valence-corrected chi connectivity index (χ4v) is 5.81. The molecule has 0 spiro atoms. The van der Waals surface area contributed by atoms with E-state index in [9.17, 15) is 19.2 Å². The average molecular weight is 513 g/mol. The lowest BCUT2D eigenvalue weighted by Gasteiger charge is -2.36. The molecule has 4 unspecified atom stereocenters. The highest BCUT2D eigenvalue weighted by atomic mass is 35.5. The van der Waals surface area contributed by atoms with Gasteiger partial charge in [0.15, 0.2) is 5.78 Å². The van der Waals surface area contributed by atoms with Crippen LogP contribution in [0.15, 0.2) is 78.9 Å². The Bertz CT molecular complexity index is 1480. The second kappa shape index (κ2) is 8.71. The molecule has 8 heteroatoms. The molecule has 2 fully saturated rings. The summed E-state index contributed by atoms with van der Waals surface area (Å²) in [6.07, 6.45) is 3.85. The third kappa shape index (κ3) is 3.65. The maximum atomic E-state index is 14.1. The normalized spacial score (nSPS) is 23.5. The maximum absolute atomic E-state index is 14.1. The monoisotopic (exact) mass is 512 g/mol. The third-order valence-electron chi connectivity index (χ3n) is 7.17. The highest BCUT2D eigenvalue weighted by Gasteiger charge is 2.64. The van der Waals surface area contributed by atoms with Crippen molar-refractivity contribution < 1.29 is 23.9 Å². The summed E-state index contributed by atoms with van der Waals surface area (Å²) < 4.78 is 5.09. The molecule has 2 saturated heterocycles. The zero-order valence-electron chi connectivity index (χ0n) is 19.7. The molecule has 0 aromatic heterocycles. The third-order valence-corrected chi connectivity index (χ3v) is 7.42. The van der Waals surface area contributed by atoms with Crippen LogP contribution in [0.25, 0.3) is 6.08 Å². The first-order valence-electron chi connectivity index (χ1n) is 11.9. The first kappa shape index (κ1) is 23.2. The van der Waals surface area contributed by atoms with E-state index in [-0.39, 0.29) is 11.7 Å². The minimum absolute atomic E-state index is 0.281. The summed E-state index contributed by atoms with van der Waals surface area (Å²) in [5.74, 6) is -2.76. The Morgan fingerprint density at radius 2 is 1.54 bits per heavy atom. The van der Waals surface area contributed by atoms with E-state index in [1.165, 1.54) is 11.8 Å². The molecule has 0 radical (unpaired) electrons. The van der Waals surface area contributed by atoms with Gasteiger partial charge in [-0.25, -0.2) is 4.90 Å². The number of rotatable bonds is 4. The van der Waals surface area contributed by atoms with Crippen molar-refractivity contribution in [3.8, 4) is 5.75 Å². The number of para-hydroxylation sites is 1. The van der Waals surface area contributed by atoms with Gasteiger partial charge in [0.1, 0.15) is 11.8 Å². The number of hydrogen-bond donors (Lipinski definition) is 0. The molecule has 0 saturated carbocycles. The van der Waals surface area contributed by atoms with Gasteiger partial charge in [-0.3, -0.25) is 19.2 Å². The summed E-state index contributed by atoms with van der Waals surface area (Å²) in [5.41, 5.74) is 2.50. The van der Waals surface area contributed by atoms with E-state index >= 15 is 0 Å². The number of anilines is 2. The van der Waals surface area contributed by atoms with Gasteiger partial charge in [-0.1, -0.05) is 42.0 Å². The van der Waals surface area contributed by atoms with E-state index in [4.69, 9.17) is 16.3 Å². The molecule has 3 aromatic rings. The van der Waals surface area contributed by atoms with Crippen LogP contribution in [0, 0.1) is 11.8 Å². The molecular weight excluding hydrogens is 492 g/mol. The minimum atomic E-state index is -0.894. The molecule has 4 atom stereocenters. The van der Waals surface area contributed by atoms with Gasteiger partial charge in [0.05, 0.1) is 23.6 Å². The molecule has 37 heavy (non-hydrogen) atoms. The van der Waals surface area contributed by atoms with Gasteiger partial charge in [-0.2, -0.15) is 0 Å². The molecule has 3 aliphatic heterocycles. The van der Waals surface area contributed by atoms with Gasteiger partial charge in [0, 0.05) is 23.2 Å². The van der Waals surface area contributed by atoms with E-state index in [1.54, 1.807) is 48.5 Å². The molecular formula is C29H21ClN2O5. The smallest absolute Gasteiger partial charge is 0.308 e. The zero-order chi connectivity index (χ0) is 25.8. The number of ether oxygens (including phenoxy) is 1. The zero-order valence-corrected chi connectivity index (χ0v) is 20.5. The lowest BCUT2D eigenvalue weighted by Crippen LogP contribution is -2.48. The molecule has 0 aliphatic carbocycles. The summed E-state index contributed by atoms with van der Waals surface area (Å²) in [7, 11) is 0. The Morgan fingerprint density at radius 3 is 2.24 bits per heavy atom. The van der Waals surface area contributed by atoms with Crippen LogP contribution in [-0.2, 0) is 14.4 Å². The predicted molar refractivity (Wildman–Crippen MR) is 139 cm³/mol. The second-order valence-electron chi connectivity index (χ2n) is 9.28. The van der Waals surface area contributed by atoms with E-state index in [2.05, 4.69) is 0 Å². The molecule has 0 bridgehead atoms. The maximum Gasteiger partial charge on any atom is 0.308 e. The number of imide groups is 1. The van der Waals surface area contributed by atoms with Crippen LogP contribution in [0.2, 0.25) is 5.02 Å². The number of nitrogens with zero attached hydrogens (tertiary/aromatic N) is 2. The summed E-state index contributed by atoms with van der Waals surface area (Å²) in [6, 6.07) is 19.0. The minimum Gasteiger partial charge on any atom is -0.427 e. The highest BCUT2D eigenvalue weighted by molar-refractivity contribution is 6.31. The van der Waals surface area contributed by atoms with Crippen molar-refractivity contribution in [2.24, 2.45) is 11.8 Å². The fourth-order valence-electron chi connectivity index (χ4n) is 5.68. The Kier molecular flexibility index (Phi) is 5.46. The lowest BCUT2D eigenvalue weighted by atomic mass is 9.86. The van der Waals surface area contributed by atoms with E-state index in [0.29, 0.717) is 22.0 Å². The van der Waals surface area contributed by atoms with Crippen molar-refractivity contribution in [2.45, 2.75) is 19.0 Å². The first-order chi connectivity index (χ1) is 17.8. The number of ketones is 1. The van der Waals surface area contributed by atoms with Crippen LogP contribution in [0.5, 0.6) is 5.75 Å². The van der Waals surface area contributed by atoms with Crippen LogP contribution in [0.3, 0.4) is 0 Å². The van der Waals surface area contributed by atoms with Crippen LogP contribution in [-0.4, -0.2) is 35.7 Å². The van der Waals surface area contributed by atoms with Gasteiger partial charge in [0.2, 0.25) is 11.8 Å². The summed E-state index contributed by atoms with van der Waals surface area (Å²) in [4.78, 5) is 56.1. The largest absolute Gasteiger partial charge is 0.427 e. The van der Waals surface area contributed by atoms with Crippen molar-refractivity contribution in [2.75, 3.05) is 9.80 Å². The van der Waals surface area contributed by atoms with Crippen molar-refractivity contribution >= 4 is 52.6 Å². The quantitative estimate of drug-likeness (QED) is 0.221. The molecule has 7 nitrogen and oxygen atoms in total. The first-order valence-corrected chi connectivity index (χ1v) is 12.2. The van der Waals surface area contributed by atoms with E-state index in [0.717, 1.165) is 11.3 Å². The molecule has 3 aromatic carbocycles. The number of halogens is 1. The van der Waals surface area contributed by atoms with E-state index < -0.39 is 35.8 Å². The van der Waals surface area contributed by atoms with Crippen LogP contribution < -0.4 is 14.5 Å². The van der Waals surface area contributed by atoms with Crippen LogP contribution in [0.4, 0.5) is 11.4 Å². The van der Waals surface area contributed by atoms with Gasteiger partial charge < -0.3 is 9.64 Å². The number of benzene rings is 3. The van der Waals surface area contributed by atoms with Crippen molar-refractivity contribution in [3.05, 3.63) is 95.0 Å². The summed E-state index contributed by atoms with van der Waals surface area (Å²) in [6.45, 7) is 1.30. The number of esters is 1. The van der Waals surface area contributed by atoms with Crippen molar-refractivity contribution in [3.63, 3.8) is 0 Å². The Balaban J connectivity index is 1.44. The number of hydrogen-bond acceptors (Lipinski definition) is 6. The van der Waals surface area contributed by atoms with Crippen molar-refractivity contribution in [1.82, 2.24) is 0 Å². The Hall–Kier alpha value is -4.23. The topological polar surface area (TPSA) is 84.0 Å². The van der Waals surface area contributed by atoms with E-state index in [1.807, 2.05) is 41.3 Å². The molecule has 3 heterocycles. The average Bonchev–Trinajstić information content (AvgIpc) is 3.37. The Morgan fingerprint density at radius 1 is 0.865 bits per heavy atom. The van der Waals surface area contributed by atoms with Gasteiger partial charge in [-0.15, -0.1) is 0 Å². The molecule has 6 rings (SSSR count). The number of fused-ring (bicyclic) bond motifs is 5. The summed E-state index contributed by atoms with van der Waals surface area (Å²) >= 11 is 6.02. The standard InChI is InChI=1S/C29H21ClN2O5/c1-16(33)37-21-13-6-18(7-14-21)27(34)26-25-24(23-15-8-17-4-2-3-5-22(17)32(23)26)28(35)31(29(25)36)20-11-9-19(30)10-12-20/h2-15,23-26H,1H3. The van der Waals surface area contributed by atoms with Gasteiger partial charge in [0.25, 0.3) is 0 Å². The van der Waals surface area contributed by atoms with Gasteiger partial charge in [-0.05, 0) is 60.2 Å². The summed E-state index contributed by atoms with van der Waals surface area (Å²) in [5, 5.41) is 0.492. The number of carbonyl (C=O) groups is 4. The molecule has 184 valence electrons. The SMILES string of the molecule is CC(=O)Oc1ccc(C(=O)C2C3C(=O)N(c4ccc(Cl)cc4)C(=O)C3C3C=Cc4ccccc4N32)cc1. The highest BCUT2D eigenvalue weighted by Crippen LogP contribution is 2.49. The van der Waals surface area contributed by atoms with Gasteiger partial charge >= 0.3 is 5.97 Å². The fraction of sp³-hybridized carbons (Fsp3) is 0.172. The van der Waals surface area contributed by atoms with Crippen LogP contribution >= 0.6 is 11.6 Å². The predicted octanol–water partition coefficient (Wildman–Crippen LogP) is 4.54. The number of carbonyl (C=O) groups excluding carboxylic acids is 4. The molecule has 0 N–H and O–H groups in total. The van der Waals surface area contributed by atoms with Crippen molar-refractivity contribution in [1.29, 1.82) is 0 Å². The lowest BCUT2D eigenvalue weighted by molar-refractivity contribution is -0.132.